The van der Waals surface area contributed by atoms with Gasteiger partial charge in [-0.05, 0) is 55.7 Å². The lowest BCUT2D eigenvalue weighted by molar-refractivity contribution is 0.196. The summed E-state index contributed by atoms with van der Waals surface area (Å²) in [6.45, 7) is 7.46. The van der Waals surface area contributed by atoms with Crippen molar-refractivity contribution in [2.45, 2.75) is 32.4 Å². The van der Waals surface area contributed by atoms with Crippen LogP contribution in [0.15, 0.2) is 66.7 Å². The van der Waals surface area contributed by atoms with Crippen LogP contribution in [-0.4, -0.2) is 48.9 Å². The quantitative estimate of drug-likeness (QED) is 0.402. The summed E-state index contributed by atoms with van der Waals surface area (Å²) in [6, 6.07) is 23.1. The van der Waals surface area contributed by atoms with E-state index >= 15 is 0 Å². The second-order valence-electron chi connectivity index (χ2n) is 9.00. The van der Waals surface area contributed by atoms with Crippen LogP contribution < -0.4 is 9.64 Å². The van der Waals surface area contributed by atoms with Crippen LogP contribution in [0.3, 0.4) is 0 Å². The molecule has 6 heteroatoms. The Balaban J connectivity index is 1.58. The summed E-state index contributed by atoms with van der Waals surface area (Å²) in [7, 11) is 0. The Kier molecular flexibility index (Phi) is 8.38. The molecule has 2 atom stereocenters. The average Bonchev–Trinajstić information content (AvgIpc) is 2.83. The van der Waals surface area contributed by atoms with E-state index in [4.69, 9.17) is 33.0 Å². The van der Waals surface area contributed by atoms with E-state index in [2.05, 4.69) is 60.0 Å². The van der Waals surface area contributed by atoms with Crippen LogP contribution in [0, 0.1) is 6.92 Å². The summed E-state index contributed by atoms with van der Waals surface area (Å²) in [5.41, 5.74) is 4.86. The van der Waals surface area contributed by atoms with Crippen molar-refractivity contribution in [3.63, 3.8) is 0 Å². The van der Waals surface area contributed by atoms with Gasteiger partial charge in [-0.2, -0.15) is 0 Å². The fourth-order valence-corrected chi connectivity index (χ4v) is 5.10. The molecule has 4 rings (SSSR count). The van der Waals surface area contributed by atoms with Crippen LogP contribution in [0.4, 0.5) is 5.69 Å². The number of piperazine rings is 1. The van der Waals surface area contributed by atoms with Crippen LogP contribution in [0.25, 0.3) is 0 Å². The van der Waals surface area contributed by atoms with Crippen molar-refractivity contribution >= 4 is 28.9 Å². The number of aliphatic hydroxyl groups excluding tert-OH is 1. The molecular formula is C28H32Cl2N2O2. The van der Waals surface area contributed by atoms with E-state index in [1.807, 2.05) is 30.3 Å². The molecule has 1 fully saturated rings. The number of rotatable bonds is 8. The Bertz CT molecular complexity index is 1070. The van der Waals surface area contributed by atoms with E-state index in [0.29, 0.717) is 10.8 Å². The Morgan fingerprint density at radius 2 is 1.71 bits per heavy atom. The Hall–Kier alpha value is -2.24. The maximum Gasteiger partial charge on any atom is 0.121 e. The number of aryl methyl sites for hydroxylation is 1. The highest BCUT2D eigenvalue weighted by Gasteiger charge is 2.34. The number of hydrogen-bond donors (Lipinski definition) is 1. The SMILES string of the molecule is Cc1ccc(CCN2C[C@H](C)N(c3ccc(OCCO)cc3Cl)[C@H](c3ccc(Cl)cc3)C2)cc1. The molecule has 1 heterocycles. The minimum atomic E-state index is -0.0282. The molecule has 180 valence electrons. The molecule has 3 aromatic rings. The Morgan fingerprint density at radius 1 is 0.971 bits per heavy atom. The standard InChI is InChI=1S/C28H32Cl2N2O2/c1-20-3-5-22(6-4-20)13-14-31-18-21(2)32(28(19-31)23-7-9-24(29)10-8-23)27-12-11-25(17-26(27)30)34-16-15-33/h3-12,17,21,28,33H,13-16,18-19H2,1-2H3/t21-,28-/m0/s1. The van der Waals surface area contributed by atoms with Crippen molar-refractivity contribution in [2.75, 3.05) is 37.7 Å². The fourth-order valence-electron chi connectivity index (χ4n) is 4.71. The van der Waals surface area contributed by atoms with Crippen molar-refractivity contribution in [3.8, 4) is 5.75 Å². The smallest absolute Gasteiger partial charge is 0.121 e. The molecule has 0 radical (unpaired) electrons. The minimum absolute atomic E-state index is 0.0282. The number of aliphatic hydroxyl groups is 1. The van der Waals surface area contributed by atoms with Gasteiger partial charge >= 0.3 is 0 Å². The molecule has 0 unspecified atom stereocenters. The normalized spacial score (nSPS) is 18.8. The molecule has 34 heavy (non-hydrogen) atoms. The first-order chi connectivity index (χ1) is 16.4. The summed E-state index contributed by atoms with van der Waals surface area (Å²) < 4.78 is 5.55. The van der Waals surface area contributed by atoms with E-state index in [-0.39, 0.29) is 25.3 Å². The highest BCUT2D eigenvalue weighted by Crippen LogP contribution is 2.39. The Morgan fingerprint density at radius 3 is 2.38 bits per heavy atom. The van der Waals surface area contributed by atoms with Gasteiger partial charge in [0.2, 0.25) is 0 Å². The number of hydrogen-bond acceptors (Lipinski definition) is 4. The van der Waals surface area contributed by atoms with Gasteiger partial charge in [0, 0.05) is 36.8 Å². The molecule has 0 aromatic heterocycles. The number of ether oxygens (including phenoxy) is 1. The number of benzene rings is 3. The van der Waals surface area contributed by atoms with Crippen molar-refractivity contribution in [1.82, 2.24) is 4.90 Å². The second kappa shape index (κ2) is 11.5. The zero-order valence-electron chi connectivity index (χ0n) is 19.8. The zero-order valence-corrected chi connectivity index (χ0v) is 21.3. The monoisotopic (exact) mass is 498 g/mol. The summed E-state index contributed by atoms with van der Waals surface area (Å²) in [5.74, 6) is 0.662. The summed E-state index contributed by atoms with van der Waals surface area (Å²) in [5, 5.41) is 10.4. The lowest BCUT2D eigenvalue weighted by atomic mass is 9.97. The van der Waals surface area contributed by atoms with Crippen molar-refractivity contribution in [3.05, 3.63) is 93.5 Å². The molecule has 1 saturated heterocycles. The third kappa shape index (κ3) is 6.05. The molecule has 0 spiro atoms. The van der Waals surface area contributed by atoms with E-state index in [1.165, 1.54) is 16.7 Å². The van der Waals surface area contributed by atoms with Crippen LogP contribution in [0.5, 0.6) is 5.75 Å². The number of anilines is 1. The lowest BCUT2D eigenvalue weighted by Crippen LogP contribution is -2.54. The van der Waals surface area contributed by atoms with E-state index in [1.54, 1.807) is 0 Å². The van der Waals surface area contributed by atoms with Crippen molar-refractivity contribution < 1.29 is 9.84 Å². The summed E-state index contributed by atoms with van der Waals surface area (Å²) in [4.78, 5) is 4.97. The van der Waals surface area contributed by atoms with Gasteiger partial charge in [-0.15, -0.1) is 0 Å². The first-order valence-corrected chi connectivity index (χ1v) is 12.5. The molecule has 0 aliphatic carbocycles. The van der Waals surface area contributed by atoms with Gasteiger partial charge in [0.25, 0.3) is 0 Å². The molecule has 0 bridgehead atoms. The Labute approximate surface area is 212 Å². The van der Waals surface area contributed by atoms with E-state index < -0.39 is 0 Å². The number of halogens is 2. The molecule has 0 amide bonds. The average molecular weight is 499 g/mol. The van der Waals surface area contributed by atoms with Crippen LogP contribution in [0.1, 0.15) is 29.7 Å². The molecule has 1 aliphatic heterocycles. The molecule has 1 aliphatic rings. The van der Waals surface area contributed by atoms with Gasteiger partial charge in [0.1, 0.15) is 12.4 Å². The third-order valence-corrected chi connectivity index (χ3v) is 6.97. The van der Waals surface area contributed by atoms with Gasteiger partial charge in [0.05, 0.1) is 23.4 Å². The predicted octanol–water partition coefficient (Wildman–Crippen LogP) is 6.17. The van der Waals surface area contributed by atoms with Crippen LogP contribution in [0.2, 0.25) is 10.0 Å². The summed E-state index contributed by atoms with van der Waals surface area (Å²) >= 11 is 13.0. The van der Waals surface area contributed by atoms with Gasteiger partial charge in [-0.3, -0.25) is 4.90 Å². The maximum absolute atomic E-state index is 9.04. The highest BCUT2D eigenvalue weighted by atomic mass is 35.5. The second-order valence-corrected chi connectivity index (χ2v) is 9.85. The lowest BCUT2D eigenvalue weighted by Gasteiger charge is -2.47. The van der Waals surface area contributed by atoms with Crippen LogP contribution >= 0.6 is 23.2 Å². The van der Waals surface area contributed by atoms with Gasteiger partial charge in [-0.1, -0.05) is 65.2 Å². The number of nitrogens with zero attached hydrogens (tertiary/aromatic N) is 2. The van der Waals surface area contributed by atoms with Gasteiger partial charge in [-0.25, -0.2) is 0 Å². The largest absolute Gasteiger partial charge is 0.491 e. The molecule has 3 aromatic carbocycles. The predicted molar refractivity (Wildman–Crippen MR) is 141 cm³/mol. The van der Waals surface area contributed by atoms with Crippen molar-refractivity contribution in [2.24, 2.45) is 0 Å². The maximum atomic E-state index is 9.04. The minimum Gasteiger partial charge on any atom is -0.491 e. The third-order valence-electron chi connectivity index (χ3n) is 6.41. The van der Waals surface area contributed by atoms with E-state index in [9.17, 15) is 0 Å². The fraction of sp³-hybridized carbons (Fsp3) is 0.357. The highest BCUT2D eigenvalue weighted by molar-refractivity contribution is 6.33. The molecule has 4 nitrogen and oxygen atoms in total. The van der Waals surface area contributed by atoms with E-state index in [0.717, 1.165) is 36.8 Å². The topological polar surface area (TPSA) is 35.9 Å². The molecular weight excluding hydrogens is 467 g/mol. The first kappa shape index (κ1) is 24.9. The zero-order chi connectivity index (χ0) is 24.1. The summed E-state index contributed by atoms with van der Waals surface area (Å²) in [6.07, 6.45) is 1.03. The molecule has 0 saturated carbocycles. The molecule has 1 N–H and O–H groups in total. The first-order valence-electron chi connectivity index (χ1n) is 11.8. The van der Waals surface area contributed by atoms with Gasteiger partial charge < -0.3 is 14.7 Å². The van der Waals surface area contributed by atoms with Crippen LogP contribution in [-0.2, 0) is 6.42 Å². The van der Waals surface area contributed by atoms with Crippen molar-refractivity contribution in [1.29, 1.82) is 0 Å². The van der Waals surface area contributed by atoms with Gasteiger partial charge in [0.15, 0.2) is 0 Å².